The van der Waals surface area contributed by atoms with Crippen LogP contribution in [0.4, 0.5) is 20.4 Å². The molecule has 6 heteroatoms. The van der Waals surface area contributed by atoms with Crippen molar-refractivity contribution < 1.29 is 13.5 Å². The number of pyridine rings is 1. The number of hydrogen-bond donors (Lipinski definition) is 1. The first-order valence-electron chi connectivity index (χ1n) is 6.65. The van der Waals surface area contributed by atoms with Crippen molar-refractivity contribution in [2.75, 3.05) is 43.1 Å². The maximum atomic E-state index is 13.9. The summed E-state index contributed by atoms with van der Waals surface area (Å²) in [4.78, 5) is 5.89. The van der Waals surface area contributed by atoms with Crippen molar-refractivity contribution in [3.8, 4) is 0 Å². The molecule has 1 aromatic rings. The summed E-state index contributed by atoms with van der Waals surface area (Å²) in [5.41, 5.74) is 0. The molecule has 1 aliphatic rings. The predicted octanol–water partition coefficient (Wildman–Crippen LogP) is 2.41. The molecule has 0 radical (unpaired) electrons. The molecule has 19 heavy (non-hydrogen) atoms. The second-order valence-electron chi connectivity index (χ2n) is 4.50. The molecule has 0 amide bonds. The zero-order chi connectivity index (χ0) is 13.7. The number of rotatable bonds is 4. The summed E-state index contributed by atoms with van der Waals surface area (Å²) in [6.07, 6.45) is 1.67. The Morgan fingerprint density at radius 2 is 2.16 bits per heavy atom. The van der Waals surface area contributed by atoms with Gasteiger partial charge in [0.15, 0.2) is 23.3 Å². The summed E-state index contributed by atoms with van der Waals surface area (Å²) in [6, 6.07) is 0.895. The number of nitrogens with one attached hydrogen (secondary N) is 1. The van der Waals surface area contributed by atoms with Gasteiger partial charge in [0.1, 0.15) is 0 Å². The van der Waals surface area contributed by atoms with Crippen LogP contribution in [-0.4, -0.2) is 37.8 Å². The lowest BCUT2D eigenvalue weighted by Crippen LogP contribution is -2.28. The molecule has 0 aromatic carbocycles. The van der Waals surface area contributed by atoms with Gasteiger partial charge in [-0.05, 0) is 12.8 Å². The minimum absolute atomic E-state index is 0.114. The van der Waals surface area contributed by atoms with Gasteiger partial charge in [0.05, 0.1) is 6.61 Å². The van der Waals surface area contributed by atoms with E-state index in [1.165, 1.54) is 0 Å². The van der Waals surface area contributed by atoms with E-state index in [-0.39, 0.29) is 11.6 Å². The number of anilines is 2. The number of hydrogen-bond acceptors (Lipinski definition) is 4. The molecule has 0 aliphatic carbocycles. The van der Waals surface area contributed by atoms with Crippen molar-refractivity contribution in [1.82, 2.24) is 4.98 Å². The summed E-state index contributed by atoms with van der Waals surface area (Å²) in [5, 5.41) is 2.87. The fourth-order valence-corrected chi connectivity index (χ4v) is 2.00. The molecule has 2 heterocycles. The Morgan fingerprint density at radius 3 is 2.95 bits per heavy atom. The summed E-state index contributed by atoms with van der Waals surface area (Å²) in [6.45, 7) is 5.03. The van der Waals surface area contributed by atoms with E-state index in [1.807, 2.05) is 6.92 Å². The van der Waals surface area contributed by atoms with Gasteiger partial charge < -0.3 is 15.0 Å². The molecule has 0 unspecified atom stereocenters. The Balaban J connectivity index is 2.22. The first-order chi connectivity index (χ1) is 9.22. The first kappa shape index (κ1) is 14.0. The van der Waals surface area contributed by atoms with Crippen LogP contribution < -0.4 is 10.2 Å². The zero-order valence-corrected chi connectivity index (χ0v) is 11.1. The van der Waals surface area contributed by atoms with Gasteiger partial charge in [-0.15, -0.1) is 0 Å². The molecule has 2 rings (SSSR count). The molecule has 1 aliphatic heterocycles. The highest BCUT2D eigenvalue weighted by molar-refractivity contribution is 5.49. The highest BCUT2D eigenvalue weighted by Gasteiger charge is 2.18. The molecule has 106 valence electrons. The van der Waals surface area contributed by atoms with E-state index in [4.69, 9.17) is 4.74 Å². The lowest BCUT2D eigenvalue weighted by Gasteiger charge is -2.22. The van der Waals surface area contributed by atoms with Gasteiger partial charge in [-0.1, -0.05) is 6.92 Å². The quantitative estimate of drug-likeness (QED) is 0.912. The van der Waals surface area contributed by atoms with Crippen molar-refractivity contribution in [2.24, 2.45) is 0 Å². The van der Waals surface area contributed by atoms with Gasteiger partial charge >= 0.3 is 0 Å². The van der Waals surface area contributed by atoms with Gasteiger partial charge in [-0.2, -0.15) is 0 Å². The fourth-order valence-electron chi connectivity index (χ4n) is 2.00. The number of nitrogens with zero attached hydrogens (tertiary/aromatic N) is 2. The average Bonchev–Trinajstić information content (AvgIpc) is 2.66. The third-order valence-corrected chi connectivity index (χ3v) is 2.98. The van der Waals surface area contributed by atoms with Crippen LogP contribution in [0, 0.1) is 11.6 Å². The van der Waals surface area contributed by atoms with Crippen molar-refractivity contribution in [1.29, 1.82) is 0 Å². The smallest absolute Gasteiger partial charge is 0.168 e. The minimum Gasteiger partial charge on any atom is -0.380 e. The molecular weight excluding hydrogens is 252 g/mol. The molecule has 0 spiro atoms. The van der Waals surface area contributed by atoms with Crippen LogP contribution in [0.5, 0.6) is 0 Å². The van der Waals surface area contributed by atoms with Crippen LogP contribution in [0.3, 0.4) is 0 Å². The second kappa shape index (κ2) is 6.65. The van der Waals surface area contributed by atoms with Crippen molar-refractivity contribution in [3.05, 3.63) is 17.7 Å². The third kappa shape index (κ3) is 3.53. The van der Waals surface area contributed by atoms with E-state index in [0.29, 0.717) is 32.8 Å². The van der Waals surface area contributed by atoms with Crippen LogP contribution in [0.1, 0.15) is 19.8 Å². The van der Waals surface area contributed by atoms with Crippen LogP contribution >= 0.6 is 0 Å². The summed E-state index contributed by atoms with van der Waals surface area (Å²) in [7, 11) is 0. The Labute approximate surface area is 111 Å². The van der Waals surface area contributed by atoms with Crippen molar-refractivity contribution in [3.63, 3.8) is 0 Å². The lowest BCUT2D eigenvalue weighted by atomic mass is 10.3. The number of halogens is 2. The lowest BCUT2D eigenvalue weighted by molar-refractivity contribution is 0.152. The Kier molecular flexibility index (Phi) is 4.90. The van der Waals surface area contributed by atoms with E-state index < -0.39 is 11.6 Å². The maximum absolute atomic E-state index is 13.9. The molecule has 0 saturated carbocycles. The number of ether oxygens (including phenoxy) is 1. The highest BCUT2D eigenvalue weighted by Crippen LogP contribution is 2.23. The maximum Gasteiger partial charge on any atom is 0.168 e. The van der Waals surface area contributed by atoms with E-state index in [9.17, 15) is 8.78 Å². The van der Waals surface area contributed by atoms with Gasteiger partial charge in [0, 0.05) is 32.3 Å². The van der Waals surface area contributed by atoms with E-state index in [0.717, 1.165) is 18.9 Å². The molecular formula is C13H19F2N3O. The molecule has 1 aromatic heterocycles. The molecule has 1 saturated heterocycles. The van der Waals surface area contributed by atoms with Crippen LogP contribution in [0.2, 0.25) is 0 Å². The normalized spacial score (nSPS) is 16.3. The van der Waals surface area contributed by atoms with Gasteiger partial charge in [-0.25, -0.2) is 13.8 Å². The summed E-state index contributed by atoms with van der Waals surface area (Å²) in [5.74, 6) is -0.962. The standard InChI is InChI=1S/C13H19F2N3O/c1-2-4-16-12-10(14)9-11(15)13(17-12)18-5-3-7-19-8-6-18/h9H,2-8H2,1H3,(H,16,17). The minimum atomic E-state index is -0.652. The van der Waals surface area contributed by atoms with Crippen molar-refractivity contribution >= 4 is 11.6 Å². The topological polar surface area (TPSA) is 37.4 Å². The predicted molar refractivity (Wildman–Crippen MR) is 70.6 cm³/mol. The van der Waals surface area contributed by atoms with E-state index in [1.54, 1.807) is 4.90 Å². The molecule has 1 N–H and O–H groups in total. The molecule has 1 fully saturated rings. The van der Waals surface area contributed by atoms with Gasteiger partial charge in [0.25, 0.3) is 0 Å². The van der Waals surface area contributed by atoms with E-state index in [2.05, 4.69) is 10.3 Å². The largest absolute Gasteiger partial charge is 0.380 e. The fraction of sp³-hybridized carbons (Fsp3) is 0.615. The van der Waals surface area contributed by atoms with Gasteiger partial charge in [-0.3, -0.25) is 0 Å². The van der Waals surface area contributed by atoms with Crippen LogP contribution in [-0.2, 0) is 4.74 Å². The van der Waals surface area contributed by atoms with Crippen LogP contribution in [0.15, 0.2) is 6.07 Å². The molecule has 0 atom stereocenters. The summed E-state index contributed by atoms with van der Waals surface area (Å²) < 4.78 is 32.8. The van der Waals surface area contributed by atoms with Crippen LogP contribution in [0.25, 0.3) is 0 Å². The number of aromatic nitrogens is 1. The molecule has 0 bridgehead atoms. The Morgan fingerprint density at radius 1 is 1.32 bits per heavy atom. The monoisotopic (exact) mass is 271 g/mol. The van der Waals surface area contributed by atoms with Crippen molar-refractivity contribution in [2.45, 2.75) is 19.8 Å². The Bertz CT molecular complexity index is 421. The second-order valence-corrected chi connectivity index (χ2v) is 4.50. The van der Waals surface area contributed by atoms with E-state index >= 15 is 0 Å². The SMILES string of the molecule is CCCNc1nc(N2CCCOCC2)c(F)cc1F. The Hall–Kier alpha value is -1.43. The summed E-state index contributed by atoms with van der Waals surface area (Å²) >= 11 is 0. The zero-order valence-electron chi connectivity index (χ0n) is 11.1. The third-order valence-electron chi connectivity index (χ3n) is 2.98. The molecule has 4 nitrogen and oxygen atoms in total. The van der Waals surface area contributed by atoms with Gasteiger partial charge in [0.2, 0.25) is 0 Å². The first-order valence-corrected chi connectivity index (χ1v) is 6.65. The average molecular weight is 271 g/mol. The highest BCUT2D eigenvalue weighted by atomic mass is 19.1.